The quantitative estimate of drug-likeness (QED) is 0.414. The van der Waals surface area contributed by atoms with Crippen LogP contribution in [0.15, 0.2) is 61.2 Å². The predicted molar refractivity (Wildman–Crippen MR) is 130 cm³/mol. The molecule has 1 aromatic carbocycles. The Hall–Kier alpha value is -3.52. The van der Waals surface area contributed by atoms with Crippen molar-refractivity contribution >= 4 is 28.4 Å². The van der Waals surface area contributed by atoms with E-state index in [1.165, 1.54) is 12.8 Å². The molecule has 0 radical (unpaired) electrons. The van der Waals surface area contributed by atoms with Crippen molar-refractivity contribution in [2.75, 3.05) is 10.6 Å². The summed E-state index contributed by atoms with van der Waals surface area (Å²) in [5.74, 6) is 3.99. The number of benzene rings is 1. The molecule has 8 heteroatoms. The van der Waals surface area contributed by atoms with Crippen molar-refractivity contribution < 1.29 is 5.11 Å². The first-order valence-electron chi connectivity index (χ1n) is 12.1. The predicted octanol–water partition coefficient (Wildman–Crippen LogP) is 4.31. The van der Waals surface area contributed by atoms with Crippen LogP contribution in [-0.4, -0.2) is 41.5 Å². The van der Waals surface area contributed by atoms with Crippen LogP contribution in [0.25, 0.3) is 16.6 Å². The van der Waals surface area contributed by atoms with Crippen LogP contribution in [0.3, 0.4) is 0 Å². The molecule has 4 fully saturated rings. The number of nitrogens with zero attached hydrogens (tertiary/aromatic N) is 5. The second-order valence-electron chi connectivity index (χ2n) is 10.3. The van der Waals surface area contributed by atoms with E-state index in [0.717, 1.165) is 47.5 Å². The number of fused-ring (bicyclic) bond motifs is 1. The van der Waals surface area contributed by atoms with E-state index in [4.69, 9.17) is 5.10 Å². The van der Waals surface area contributed by atoms with Crippen LogP contribution < -0.4 is 10.6 Å². The lowest BCUT2D eigenvalue weighted by Gasteiger charge is -2.58. The van der Waals surface area contributed by atoms with Gasteiger partial charge in [-0.05, 0) is 68.1 Å². The molecule has 4 aliphatic carbocycles. The maximum absolute atomic E-state index is 10.9. The number of aliphatic hydroxyl groups is 1. The minimum absolute atomic E-state index is 0.378. The molecular weight excluding hydrogens is 426 g/mol. The molecule has 4 saturated carbocycles. The van der Waals surface area contributed by atoms with E-state index in [-0.39, 0.29) is 0 Å². The molecule has 8 rings (SSSR count). The molecule has 3 heterocycles. The number of anilines is 3. The molecule has 4 aliphatic rings. The van der Waals surface area contributed by atoms with Crippen LogP contribution in [0.4, 0.5) is 17.5 Å². The average molecular weight is 454 g/mol. The molecule has 2 atom stereocenters. The van der Waals surface area contributed by atoms with Gasteiger partial charge in [-0.2, -0.15) is 0 Å². The van der Waals surface area contributed by atoms with Crippen LogP contribution in [0.1, 0.15) is 32.1 Å². The van der Waals surface area contributed by atoms with Crippen molar-refractivity contribution in [3.8, 4) is 5.69 Å². The number of nitrogens with one attached hydrogen (secondary N) is 2. The summed E-state index contributed by atoms with van der Waals surface area (Å²) in [6.07, 6.45) is 12.1. The Bertz CT molecular complexity index is 1340. The molecule has 172 valence electrons. The van der Waals surface area contributed by atoms with E-state index in [9.17, 15) is 5.11 Å². The fourth-order valence-electron chi connectivity index (χ4n) is 6.86. The molecule has 0 aliphatic heterocycles. The van der Waals surface area contributed by atoms with Gasteiger partial charge in [-0.15, -0.1) is 5.10 Å². The summed E-state index contributed by atoms with van der Waals surface area (Å²) in [6.45, 7) is 0. The number of hydrogen-bond donors (Lipinski definition) is 3. The van der Waals surface area contributed by atoms with Crippen molar-refractivity contribution in [3.63, 3.8) is 0 Å². The molecule has 3 N–H and O–H groups in total. The van der Waals surface area contributed by atoms with Gasteiger partial charge in [-0.1, -0.05) is 12.1 Å². The van der Waals surface area contributed by atoms with Gasteiger partial charge in [-0.3, -0.25) is 4.98 Å². The van der Waals surface area contributed by atoms with E-state index in [1.54, 1.807) is 18.6 Å². The van der Waals surface area contributed by atoms with Crippen LogP contribution in [0.5, 0.6) is 0 Å². The van der Waals surface area contributed by atoms with Crippen molar-refractivity contribution in [2.45, 2.75) is 43.7 Å². The maximum atomic E-state index is 10.9. The first-order chi connectivity index (χ1) is 16.6. The fourth-order valence-corrected chi connectivity index (χ4v) is 6.86. The highest BCUT2D eigenvalue weighted by Gasteiger charge is 2.54. The first-order valence-corrected chi connectivity index (χ1v) is 12.1. The zero-order valence-electron chi connectivity index (χ0n) is 18.8. The van der Waals surface area contributed by atoms with Gasteiger partial charge in [-0.25, -0.2) is 14.6 Å². The lowest BCUT2D eigenvalue weighted by Crippen LogP contribution is -2.59. The third-order valence-electron chi connectivity index (χ3n) is 7.94. The van der Waals surface area contributed by atoms with Gasteiger partial charge < -0.3 is 15.7 Å². The molecule has 0 amide bonds. The van der Waals surface area contributed by atoms with Gasteiger partial charge >= 0.3 is 0 Å². The summed E-state index contributed by atoms with van der Waals surface area (Å²) in [7, 11) is 0. The normalized spacial score (nSPS) is 29.4. The Balaban J connectivity index is 1.20. The molecule has 34 heavy (non-hydrogen) atoms. The Morgan fingerprint density at radius 3 is 2.56 bits per heavy atom. The summed E-state index contributed by atoms with van der Waals surface area (Å²) in [6, 6.07) is 12.6. The zero-order chi connectivity index (χ0) is 22.7. The standard InChI is InChI=1S/C26H27N7O/c34-26-12-16-9-17(13-26)24(18(10-16)14-26)30-22-11-19(5-6-28-22)33-21-4-2-1-3-20(21)25(32-33)31-23-15-27-7-8-29-23/h1-8,11,15-18,24,34H,9-10,12-14H2,(H,28,30)(H,29,31,32). The van der Waals surface area contributed by atoms with E-state index >= 15 is 0 Å². The molecule has 2 unspecified atom stereocenters. The third-order valence-corrected chi connectivity index (χ3v) is 7.94. The van der Waals surface area contributed by atoms with E-state index < -0.39 is 5.60 Å². The van der Waals surface area contributed by atoms with Crippen molar-refractivity contribution in [1.82, 2.24) is 24.7 Å². The Morgan fingerprint density at radius 2 is 1.76 bits per heavy atom. The topological polar surface area (TPSA) is 101 Å². The lowest BCUT2D eigenvalue weighted by atomic mass is 9.52. The van der Waals surface area contributed by atoms with E-state index in [1.807, 2.05) is 29.1 Å². The summed E-state index contributed by atoms with van der Waals surface area (Å²) >= 11 is 0. The van der Waals surface area contributed by atoms with Crippen LogP contribution in [0, 0.1) is 17.8 Å². The van der Waals surface area contributed by atoms with Gasteiger partial charge in [0.15, 0.2) is 5.82 Å². The SMILES string of the molecule is OC12CC3CC(C1)C(Nc1cc(-n4nc(Nc5cnccn5)c5ccccc54)ccn1)C(C3)C2. The molecule has 0 spiro atoms. The number of aromatic nitrogens is 5. The molecule has 3 aromatic heterocycles. The average Bonchev–Trinajstić information content (AvgIpc) is 3.20. The fraction of sp³-hybridized carbons (Fsp3) is 0.385. The van der Waals surface area contributed by atoms with Gasteiger partial charge in [0, 0.05) is 36.1 Å². The maximum Gasteiger partial charge on any atom is 0.162 e. The Kier molecular flexibility index (Phi) is 4.39. The largest absolute Gasteiger partial charge is 0.390 e. The highest BCUT2D eigenvalue weighted by atomic mass is 16.3. The molecular formula is C26H27N7O. The highest BCUT2D eigenvalue weighted by molar-refractivity contribution is 5.92. The summed E-state index contributed by atoms with van der Waals surface area (Å²) in [5, 5.41) is 23.8. The summed E-state index contributed by atoms with van der Waals surface area (Å²) < 4.78 is 1.94. The van der Waals surface area contributed by atoms with Crippen LogP contribution in [-0.2, 0) is 0 Å². The smallest absolute Gasteiger partial charge is 0.162 e. The second-order valence-corrected chi connectivity index (χ2v) is 10.3. The van der Waals surface area contributed by atoms with Crippen molar-refractivity contribution in [1.29, 1.82) is 0 Å². The van der Waals surface area contributed by atoms with E-state index in [0.29, 0.717) is 29.6 Å². The second kappa shape index (κ2) is 7.50. The van der Waals surface area contributed by atoms with Gasteiger partial charge in [0.25, 0.3) is 0 Å². The lowest BCUT2D eigenvalue weighted by molar-refractivity contribution is -0.129. The highest BCUT2D eigenvalue weighted by Crippen LogP contribution is 2.56. The minimum atomic E-state index is -0.426. The first kappa shape index (κ1) is 19.9. The third kappa shape index (κ3) is 3.32. The zero-order valence-corrected chi connectivity index (χ0v) is 18.8. The monoisotopic (exact) mass is 453 g/mol. The summed E-state index contributed by atoms with van der Waals surface area (Å²) in [5.41, 5.74) is 1.52. The molecule has 0 saturated heterocycles. The Labute approximate surface area is 197 Å². The molecule has 4 bridgehead atoms. The molecule has 4 aromatic rings. The minimum Gasteiger partial charge on any atom is -0.390 e. The molecule has 8 nitrogen and oxygen atoms in total. The van der Waals surface area contributed by atoms with Crippen molar-refractivity contribution in [2.24, 2.45) is 17.8 Å². The van der Waals surface area contributed by atoms with Gasteiger partial charge in [0.1, 0.15) is 11.6 Å². The van der Waals surface area contributed by atoms with Crippen molar-refractivity contribution in [3.05, 3.63) is 61.2 Å². The van der Waals surface area contributed by atoms with Gasteiger partial charge in [0.05, 0.1) is 23.0 Å². The van der Waals surface area contributed by atoms with Crippen LogP contribution in [0.2, 0.25) is 0 Å². The van der Waals surface area contributed by atoms with E-state index in [2.05, 4.69) is 43.8 Å². The number of hydrogen-bond acceptors (Lipinski definition) is 7. The number of pyridine rings is 1. The number of rotatable bonds is 5. The summed E-state index contributed by atoms with van der Waals surface area (Å²) in [4.78, 5) is 13.1. The number of para-hydroxylation sites is 1. The van der Waals surface area contributed by atoms with Crippen LogP contribution >= 0.6 is 0 Å². The Morgan fingerprint density at radius 1 is 0.941 bits per heavy atom. The van der Waals surface area contributed by atoms with Gasteiger partial charge in [0.2, 0.25) is 0 Å².